The molecule has 2 unspecified atom stereocenters. The van der Waals surface area contributed by atoms with Gasteiger partial charge in [-0.15, -0.1) is 0 Å². The first kappa shape index (κ1) is 32.5. The van der Waals surface area contributed by atoms with Gasteiger partial charge in [-0.25, -0.2) is 9.98 Å². The highest BCUT2D eigenvalue weighted by Crippen LogP contribution is 2.46. The highest BCUT2D eigenvalue weighted by Gasteiger charge is 2.39. The van der Waals surface area contributed by atoms with Gasteiger partial charge in [0, 0.05) is 0 Å². The number of aryl methyl sites for hydroxylation is 4. The highest BCUT2D eigenvalue weighted by atomic mass is 16.5. The van der Waals surface area contributed by atoms with Crippen molar-refractivity contribution in [2.45, 2.75) is 58.4 Å². The first-order valence-corrected chi connectivity index (χ1v) is 17.8. The molecule has 51 heavy (non-hydrogen) atoms. The number of hydrogen-bond donors (Lipinski definition) is 0. The first-order chi connectivity index (χ1) is 24.9. The third kappa shape index (κ3) is 6.50. The van der Waals surface area contributed by atoms with Gasteiger partial charge in [-0.05, 0) is 107 Å². The van der Waals surface area contributed by atoms with Crippen molar-refractivity contribution in [1.29, 1.82) is 0 Å². The van der Waals surface area contributed by atoms with Crippen LogP contribution in [-0.4, -0.2) is 11.8 Å². The van der Waals surface area contributed by atoms with E-state index in [4.69, 9.17) is 19.5 Å². The SMILES string of the molecule is Cc1ccccc1-c1cccc([C@H]2N=C(CC3=N[C@H](c4cccc(-c5ccccc5C)c4)C(c4ccccc4C)O3)OC2c2ccccc2C)c1. The predicted octanol–water partition coefficient (Wildman–Crippen LogP) is 11.8. The molecule has 0 spiro atoms. The normalized spacial score (nSPS) is 19.6. The molecule has 6 aromatic rings. The molecule has 2 aliphatic rings. The fourth-order valence-corrected chi connectivity index (χ4v) is 7.58. The molecule has 8 rings (SSSR count). The Hall–Kier alpha value is -5.74. The van der Waals surface area contributed by atoms with E-state index in [-0.39, 0.29) is 24.3 Å². The molecule has 2 heterocycles. The summed E-state index contributed by atoms with van der Waals surface area (Å²) in [5.74, 6) is 1.29. The van der Waals surface area contributed by atoms with Crippen LogP contribution in [0, 0.1) is 27.7 Å². The monoisotopic (exact) mass is 666 g/mol. The minimum Gasteiger partial charge on any atom is -0.470 e. The Balaban J connectivity index is 1.15. The minimum atomic E-state index is -0.260. The fourth-order valence-electron chi connectivity index (χ4n) is 7.58. The van der Waals surface area contributed by atoms with Crippen molar-refractivity contribution in [3.8, 4) is 22.3 Å². The van der Waals surface area contributed by atoms with E-state index < -0.39 is 0 Å². The summed E-state index contributed by atoms with van der Waals surface area (Å²) in [6, 6.07) is 51.0. The summed E-state index contributed by atoms with van der Waals surface area (Å²) in [6.45, 7) is 8.60. The molecule has 2 aliphatic heterocycles. The molecular formula is C47H42N2O2. The van der Waals surface area contributed by atoms with Gasteiger partial charge in [-0.1, -0.05) is 133 Å². The summed E-state index contributed by atoms with van der Waals surface area (Å²) in [4.78, 5) is 10.6. The van der Waals surface area contributed by atoms with Crippen molar-refractivity contribution >= 4 is 11.8 Å². The second-order valence-electron chi connectivity index (χ2n) is 13.8. The largest absolute Gasteiger partial charge is 0.470 e. The number of rotatable bonds is 8. The molecule has 252 valence electrons. The van der Waals surface area contributed by atoms with Gasteiger partial charge in [-0.3, -0.25) is 0 Å². The van der Waals surface area contributed by atoms with Gasteiger partial charge < -0.3 is 9.47 Å². The lowest BCUT2D eigenvalue weighted by molar-refractivity contribution is 0.182. The topological polar surface area (TPSA) is 43.2 Å². The lowest BCUT2D eigenvalue weighted by Gasteiger charge is -2.21. The van der Waals surface area contributed by atoms with Crippen molar-refractivity contribution in [3.05, 3.63) is 190 Å². The summed E-state index contributed by atoms with van der Waals surface area (Å²) in [6.07, 6.45) is -0.139. The summed E-state index contributed by atoms with van der Waals surface area (Å²) >= 11 is 0. The van der Waals surface area contributed by atoms with Crippen LogP contribution in [0.1, 0.15) is 75.2 Å². The van der Waals surface area contributed by atoms with E-state index in [1.807, 2.05) is 0 Å². The average molecular weight is 667 g/mol. The number of benzene rings is 6. The average Bonchev–Trinajstić information content (AvgIpc) is 3.77. The van der Waals surface area contributed by atoms with Crippen molar-refractivity contribution in [2.75, 3.05) is 0 Å². The summed E-state index contributed by atoms with van der Waals surface area (Å²) in [7, 11) is 0. The Morgan fingerprint density at radius 1 is 0.431 bits per heavy atom. The molecule has 0 aliphatic carbocycles. The van der Waals surface area contributed by atoms with E-state index in [9.17, 15) is 0 Å². The molecule has 4 nitrogen and oxygen atoms in total. The smallest absolute Gasteiger partial charge is 0.194 e. The van der Waals surface area contributed by atoms with Crippen molar-refractivity contribution in [1.82, 2.24) is 0 Å². The van der Waals surface area contributed by atoms with E-state index >= 15 is 0 Å². The molecule has 0 bridgehead atoms. The van der Waals surface area contributed by atoms with Gasteiger partial charge in [0.05, 0.1) is 6.42 Å². The molecule has 0 saturated heterocycles. The van der Waals surface area contributed by atoms with E-state index in [0.717, 1.165) is 22.3 Å². The first-order valence-electron chi connectivity index (χ1n) is 17.8. The van der Waals surface area contributed by atoms with E-state index in [2.05, 4.69) is 173 Å². The Bertz CT molecular complexity index is 2120. The van der Waals surface area contributed by atoms with Gasteiger partial charge in [0.2, 0.25) is 0 Å². The zero-order chi connectivity index (χ0) is 34.9. The number of ether oxygens (including phenoxy) is 2. The van der Waals surface area contributed by atoms with Crippen LogP contribution < -0.4 is 0 Å². The van der Waals surface area contributed by atoms with Gasteiger partial charge >= 0.3 is 0 Å². The molecule has 4 heteroatoms. The summed E-state index contributed by atoms with van der Waals surface area (Å²) in [5, 5.41) is 0. The maximum absolute atomic E-state index is 6.81. The molecule has 0 saturated carbocycles. The van der Waals surface area contributed by atoms with Crippen LogP contribution in [0.4, 0.5) is 0 Å². The van der Waals surface area contributed by atoms with Gasteiger partial charge in [-0.2, -0.15) is 0 Å². The molecule has 0 N–H and O–H groups in total. The van der Waals surface area contributed by atoms with Crippen LogP contribution in [0.15, 0.2) is 156 Å². The van der Waals surface area contributed by atoms with E-state index in [0.29, 0.717) is 18.2 Å². The molecule has 0 radical (unpaired) electrons. The second-order valence-corrected chi connectivity index (χ2v) is 13.8. The van der Waals surface area contributed by atoms with Gasteiger partial charge in [0.25, 0.3) is 0 Å². The fraction of sp³-hybridized carbons (Fsp3) is 0.191. The third-order valence-corrected chi connectivity index (χ3v) is 10.3. The molecular weight excluding hydrogens is 625 g/mol. The molecule has 6 aromatic carbocycles. The lowest BCUT2D eigenvalue weighted by atomic mass is 9.91. The third-order valence-electron chi connectivity index (χ3n) is 10.3. The number of nitrogens with zero attached hydrogens (tertiary/aromatic N) is 2. The van der Waals surface area contributed by atoms with E-state index in [1.165, 1.54) is 44.5 Å². The van der Waals surface area contributed by atoms with Gasteiger partial charge in [0.15, 0.2) is 24.0 Å². The van der Waals surface area contributed by atoms with Crippen LogP contribution >= 0.6 is 0 Å². The van der Waals surface area contributed by atoms with E-state index in [1.54, 1.807) is 0 Å². The Labute approximate surface area is 301 Å². The summed E-state index contributed by atoms with van der Waals surface area (Å²) in [5.41, 5.74) is 14.2. The quantitative estimate of drug-likeness (QED) is 0.162. The van der Waals surface area contributed by atoms with Crippen molar-refractivity contribution in [3.63, 3.8) is 0 Å². The van der Waals surface area contributed by atoms with Crippen molar-refractivity contribution in [2.24, 2.45) is 9.98 Å². The minimum absolute atomic E-state index is 0.208. The Kier molecular flexibility index (Phi) is 8.83. The standard InChI is InChI=1S/C47H42N2O2/c1-30-15-5-9-23-38(30)34-19-13-21-36(27-34)44-46(40-25-11-7-17-32(40)3)50-42(48-44)29-43-49-45(47(51-43)41-26-12-8-18-33(41)4)37-22-14-20-35(28-37)39-24-10-6-16-31(39)2/h5-28,44-47H,29H2,1-4H3/t44-,45-,46?,47?/m1/s1. The lowest BCUT2D eigenvalue weighted by Crippen LogP contribution is -2.14. The number of aliphatic imine (C=N–C) groups is 2. The van der Waals surface area contributed by atoms with Crippen LogP contribution in [0.2, 0.25) is 0 Å². The maximum Gasteiger partial charge on any atom is 0.194 e. The molecule has 4 atom stereocenters. The molecule has 0 fully saturated rings. The number of hydrogen-bond acceptors (Lipinski definition) is 4. The van der Waals surface area contributed by atoms with Crippen LogP contribution in [-0.2, 0) is 9.47 Å². The highest BCUT2D eigenvalue weighted by molar-refractivity contribution is 5.98. The van der Waals surface area contributed by atoms with Crippen LogP contribution in [0.3, 0.4) is 0 Å². The predicted molar refractivity (Wildman–Crippen MR) is 208 cm³/mol. The Morgan fingerprint density at radius 3 is 1.24 bits per heavy atom. The van der Waals surface area contributed by atoms with Crippen molar-refractivity contribution < 1.29 is 9.47 Å². The zero-order valence-corrected chi connectivity index (χ0v) is 29.6. The summed E-state index contributed by atoms with van der Waals surface area (Å²) < 4.78 is 13.6. The second kappa shape index (κ2) is 13.9. The van der Waals surface area contributed by atoms with Gasteiger partial charge in [0.1, 0.15) is 12.1 Å². The zero-order valence-electron chi connectivity index (χ0n) is 29.6. The molecule has 0 amide bonds. The molecule has 0 aromatic heterocycles. The van der Waals surface area contributed by atoms with Crippen LogP contribution in [0.25, 0.3) is 22.3 Å². The van der Waals surface area contributed by atoms with Crippen LogP contribution in [0.5, 0.6) is 0 Å². The Morgan fingerprint density at radius 2 is 0.824 bits per heavy atom. The maximum atomic E-state index is 6.81.